The summed E-state index contributed by atoms with van der Waals surface area (Å²) >= 11 is 11.3. The number of nitrogens with two attached hydrogens (primary N) is 1. The quantitative estimate of drug-likeness (QED) is 0.848. The van der Waals surface area contributed by atoms with Gasteiger partial charge in [-0.25, -0.2) is 12.8 Å². The van der Waals surface area contributed by atoms with E-state index in [-0.39, 0.29) is 22.5 Å². The molecule has 4 nitrogen and oxygen atoms in total. The summed E-state index contributed by atoms with van der Waals surface area (Å²) in [5.74, 6) is -0.925. The number of hydrogen-bond acceptors (Lipinski definition) is 3. The van der Waals surface area contributed by atoms with Crippen LogP contribution in [-0.4, -0.2) is 31.9 Å². The molecule has 0 bridgehead atoms. The lowest BCUT2D eigenvalue weighted by Gasteiger charge is -2.30. The number of rotatable bonds is 2. The lowest BCUT2D eigenvalue weighted by molar-refractivity contribution is 0.316. The molecular formula is C11H13Cl2FN2O2S. The molecule has 0 spiro atoms. The van der Waals surface area contributed by atoms with E-state index >= 15 is 0 Å². The minimum atomic E-state index is -3.84. The van der Waals surface area contributed by atoms with Gasteiger partial charge in [-0.05, 0) is 25.0 Å². The maximum atomic E-state index is 13.6. The number of nitrogens with zero attached hydrogens (tertiary/aromatic N) is 1. The predicted octanol–water partition coefficient (Wildman–Crippen LogP) is 2.24. The van der Waals surface area contributed by atoms with E-state index in [9.17, 15) is 12.8 Å². The third kappa shape index (κ3) is 2.87. The Morgan fingerprint density at radius 3 is 2.68 bits per heavy atom. The average molecular weight is 327 g/mol. The first kappa shape index (κ1) is 15.0. The highest BCUT2D eigenvalue weighted by molar-refractivity contribution is 7.89. The molecule has 0 aromatic heterocycles. The first-order valence-corrected chi connectivity index (χ1v) is 7.93. The van der Waals surface area contributed by atoms with Crippen LogP contribution in [0.25, 0.3) is 0 Å². The van der Waals surface area contributed by atoms with Gasteiger partial charge in [-0.1, -0.05) is 23.2 Å². The molecule has 1 aliphatic rings. The Hall–Kier alpha value is -0.400. The summed E-state index contributed by atoms with van der Waals surface area (Å²) < 4.78 is 39.6. The van der Waals surface area contributed by atoms with Gasteiger partial charge in [0.15, 0.2) is 5.82 Å². The number of benzene rings is 1. The lowest BCUT2D eigenvalue weighted by Crippen LogP contribution is -2.45. The van der Waals surface area contributed by atoms with Gasteiger partial charge in [0, 0.05) is 19.1 Å². The van der Waals surface area contributed by atoms with Crippen LogP contribution in [-0.2, 0) is 10.0 Å². The van der Waals surface area contributed by atoms with Crippen LogP contribution in [0, 0.1) is 5.82 Å². The van der Waals surface area contributed by atoms with Gasteiger partial charge in [0.05, 0.1) is 10.0 Å². The number of piperidine rings is 1. The number of sulfonamides is 1. The van der Waals surface area contributed by atoms with Gasteiger partial charge < -0.3 is 5.73 Å². The van der Waals surface area contributed by atoms with Gasteiger partial charge in [0.25, 0.3) is 0 Å². The molecular weight excluding hydrogens is 314 g/mol. The molecule has 8 heteroatoms. The van der Waals surface area contributed by atoms with Crippen molar-refractivity contribution in [3.8, 4) is 0 Å². The normalized spacial score (nSPS) is 21.6. The fraction of sp³-hybridized carbons (Fsp3) is 0.455. The molecule has 1 heterocycles. The third-order valence-corrected chi connectivity index (χ3v) is 5.72. The SMILES string of the molecule is NC1CCCN(S(=O)(=O)c2ccc(Cl)c(F)c2Cl)C1. The van der Waals surface area contributed by atoms with Crippen molar-refractivity contribution in [1.29, 1.82) is 0 Å². The zero-order valence-electron chi connectivity index (χ0n) is 9.94. The van der Waals surface area contributed by atoms with E-state index in [1.165, 1.54) is 16.4 Å². The van der Waals surface area contributed by atoms with Crippen LogP contribution < -0.4 is 5.73 Å². The summed E-state index contributed by atoms with van der Waals surface area (Å²) in [5, 5.41) is -0.689. The van der Waals surface area contributed by atoms with Crippen LogP contribution in [0.1, 0.15) is 12.8 Å². The van der Waals surface area contributed by atoms with E-state index < -0.39 is 20.9 Å². The Morgan fingerprint density at radius 2 is 2.05 bits per heavy atom. The molecule has 1 atom stereocenters. The zero-order chi connectivity index (χ0) is 14.2. The van der Waals surface area contributed by atoms with Crippen molar-refractivity contribution in [1.82, 2.24) is 4.31 Å². The standard InChI is InChI=1S/C11H13Cl2FN2O2S/c12-8-3-4-9(10(13)11(8)14)19(17,18)16-5-1-2-7(15)6-16/h3-4,7H,1-2,5-6,15H2. The number of halogens is 3. The summed E-state index contributed by atoms with van der Waals surface area (Å²) in [6, 6.07) is 2.18. The van der Waals surface area contributed by atoms with E-state index in [0.717, 1.165) is 6.42 Å². The van der Waals surface area contributed by atoms with Crippen molar-refractivity contribution in [3.63, 3.8) is 0 Å². The second-order valence-electron chi connectivity index (χ2n) is 4.44. The summed E-state index contributed by atoms with van der Waals surface area (Å²) in [4.78, 5) is -0.273. The largest absolute Gasteiger partial charge is 0.327 e. The van der Waals surface area contributed by atoms with Crippen LogP contribution in [0.2, 0.25) is 10.0 Å². The third-order valence-electron chi connectivity index (χ3n) is 3.04. The lowest BCUT2D eigenvalue weighted by atomic mass is 10.1. The molecule has 1 saturated heterocycles. The van der Waals surface area contributed by atoms with Gasteiger partial charge in [-0.3, -0.25) is 0 Å². The van der Waals surface area contributed by atoms with Crippen LogP contribution >= 0.6 is 23.2 Å². The van der Waals surface area contributed by atoms with Crippen molar-refractivity contribution >= 4 is 33.2 Å². The number of hydrogen-bond donors (Lipinski definition) is 1. The van der Waals surface area contributed by atoms with Gasteiger partial charge in [-0.2, -0.15) is 4.31 Å². The minimum absolute atomic E-state index is 0.209. The molecule has 0 amide bonds. The second-order valence-corrected chi connectivity index (χ2v) is 7.13. The Bertz CT molecular complexity index is 595. The molecule has 2 N–H and O–H groups in total. The summed E-state index contributed by atoms with van der Waals surface area (Å²) in [6.45, 7) is 0.569. The van der Waals surface area contributed by atoms with Crippen molar-refractivity contribution in [3.05, 3.63) is 28.0 Å². The Morgan fingerprint density at radius 1 is 1.37 bits per heavy atom. The highest BCUT2D eigenvalue weighted by Gasteiger charge is 2.31. The van der Waals surface area contributed by atoms with Gasteiger partial charge >= 0.3 is 0 Å². The smallest absolute Gasteiger partial charge is 0.244 e. The van der Waals surface area contributed by atoms with Crippen LogP contribution in [0.4, 0.5) is 4.39 Å². The Labute approximate surface area is 121 Å². The average Bonchev–Trinajstić information content (AvgIpc) is 2.36. The van der Waals surface area contributed by atoms with Crippen LogP contribution in [0.5, 0.6) is 0 Å². The highest BCUT2D eigenvalue weighted by atomic mass is 35.5. The van der Waals surface area contributed by atoms with Crippen molar-refractivity contribution in [2.24, 2.45) is 5.73 Å². The molecule has 1 unspecified atom stereocenters. The molecule has 1 fully saturated rings. The molecule has 1 aliphatic heterocycles. The summed E-state index contributed by atoms with van der Waals surface area (Å²) in [5.41, 5.74) is 5.76. The maximum absolute atomic E-state index is 13.6. The highest BCUT2D eigenvalue weighted by Crippen LogP contribution is 2.32. The van der Waals surface area contributed by atoms with E-state index in [4.69, 9.17) is 28.9 Å². The zero-order valence-corrected chi connectivity index (χ0v) is 12.3. The Balaban J connectivity index is 2.42. The van der Waals surface area contributed by atoms with Gasteiger partial charge in [-0.15, -0.1) is 0 Å². The Kier molecular flexibility index (Phi) is 4.37. The molecule has 0 radical (unpaired) electrons. The molecule has 0 saturated carbocycles. The minimum Gasteiger partial charge on any atom is -0.327 e. The topological polar surface area (TPSA) is 63.4 Å². The summed E-state index contributed by atoms with van der Waals surface area (Å²) in [6.07, 6.45) is 1.45. The van der Waals surface area contributed by atoms with E-state index in [0.29, 0.717) is 13.0 Å². The molecule has 1 aromatic rings. The van der Waals surface area contributed by atoms with Crippen LogP contribution in [0.15, 0.2) is 17.0 Å². The van der Waals surface area contributed by atoms with E-state index in [1.54, 1.807) is 0 Å². The first-order valence-electron chi connectivity index (χ1n) is 5.73. The molecule has 19 heavy (non-hydrogen) atoms. The van der Waals surface area contributed by atoms with Crippen molar-refractivity contribution < 1.29 is 12.8 Å². The molecule has 2 rings (SSSR count). The molecule has 0 aliphatic carbocycles. The first-order chi connectivity index (χ1) is 8.84. The van der Waals surface area contributed by atoms with E-state index in [1.807, 2.05) is 0 Å². The predicted molar refractivity (Wildman–Crippen MR) is 72.4 cm³/mol. The fourth-order valence-electron chi connectivity index (χ4n) is 2.04. The van der Waals surface area contributed by atoms with Crippen molar-refractivity contribution in [2.75, 3.05) is 13.1 Å². The van der Waals surface area contributed by atoms with Gasteiger partial charge in [0.2, 0.25) is 10.0 Å². The van der Waals surface area contributed by atoms with E-state index in [2.05, 4.69) is 0 Å². The summed E-state index contributed by atoms with van der Waals surface area (Å²) in [7, 11) is -3.84. The second kappa shape index (κ2) is 5.54. The molecule has 1 aromatic carbocycles. The monoisotopic (exact) mass is 326 g/mol. The fourth-order valence-corrected chi connectivity index (χ4v) is 4.29. The molecule has 106 valence electrons. The van der Waals surface area contributed by atoms with Crippen molar-refractivity contribution in [2.45, 2.75) is 23.8 Å². The van der Waals surface area contributed by atoms with Crippen LogP contribution in [0.3, 0.4) is 0 Å². The van der Waals surface area contributed by atoms with Gasteiger partial charge in [0.1, 0.15) is 4.90 Å². The maximum Gasteiger partial charge on any atom is 0.244 e.